The van der Waals surface area contributed by atoms with Gasteiger partial charge in [-0.3, -0.25) is 9.59 Å². The molecule has 0 heterocycles. The third-order valence-electron chi connectivity index (χ3n) is 4.82. The Kier molecular flexibility index (Phi) is 7.64. The summed E-state index contributed by atoms with van der Waals surface area (Å²) in [4.78, 5) is 24.9. The van der Waals surface area contributed by atoms with E-state index in [1.165, 1.54) is 87.9 Å². The minimum Gasteiger partial charge on any atom is -0.495 e. The van der Waals surface area contributed by atoms with Crippen molar-refractivity contribution in [3.05, 3.63) is 83.7 Å². The van der Waals surface area contributed by atoms with Crippen LogP contribution in [-0.2, 0) is 14.8 Å². The Morgan fingerprint density at radius 2 is 1.53 bits per heavy atom. The predicted molar refractivity (Wildman–Crippen MR) is 124 cm³/mol. The van der Waals surface area contributed by atoms with Crippen LogP contribution in [0.1, 0.15) is 15.9 Å². The Hall–Kier alpha value is -3.76. The smallest absolute Gasteiger partial charge is 0.262 e. The van der Waals surface area contributed by atoms with E-state index >= 15 is 0 Å². The second kappa shape index (κ2) is 10.4. The number of ether oxygens (including phenoxy) is 2. The summed E-state index contributed by atoms with van der Waals surface area (Å²) >= 11 is 0. The minimum absolute atomic E-state index is 0.00377. The van der Waals surface area contributed by atoms with Crippen molar-refractivity contribution in [1.29, 1.82) is 0 Å². The lowest BCUT2D eigenvalue weighted by Gasteiger charge is -2.15. The van der Waals surface area contributed by atoms with Crippen LogP contribution in [-0.4, -0.2) is 52.2 Å². The second-order valence-electron chi connectivity index (χ2n) is 7.35. The number of sulfonamides is 1. The number of rotatable bonds is 9. The molecule has 0 aromatic heterocycles. The van der Waals surface area contributed by atoms with Crippen molar-refractivity contribution in [2.75, 3.05) is 33.1 Å². The summed E-state index contributed by atoms with van der Waals surface area (Å²) < 4.78 is 49.5. The molecule has 10 heteroatoms. The standard InChI is InChI=1S/C24H23FN2O6S/c1-27(2)34(30,31)20-12-13-22(32-3)21(14-20)26-23(28)15-33-19-10-6-17(7-11-19)24(29)16-4-8-18(25)9-5-16/h4-14H,15H2,1-3H3,(H,26,28). The number of halogens is 1. The highest BCUT2D eigenvalue weighted by molar-refractivity contribution is 7.89. The number of benzene rings is 3. The predicted octanol–water partition coefficient (Wildman–Crippen LogP) is 3.33. The van der Waals surface area contributed by atoms with E-state index in [4.69, 9.17) is 9.47 Å². The van der Waals surface area contributed by atoms with E-state index in [2.05, 4.69) is 5.32 Å². The fraction of sp³-hybridized carbons (Fsp3) is 0.167. The Bertz CT molecular complexity index is 1290. The number of nitrogens with one attached hydrogen (secondary N) is 1. The largest absolute Gasteiger partial charge is 0.495 e. The molecule has 0 atom stereocenters. The van der Waals surface area contributed by atoms with Crippen molar-refractivity contribution in [2.24, 2.45) is 0 Å². The Labute approximate surface area is 197 Å². The molecule has 0 saturated carbocycles. The van der Waals surface area contributed by atoms with Crippen LogP contribution in [0, 0.1) is 5.82 Å². The maximum atomic E-state index is 13.0. The SMILES string of the molecule is COc1ccc(S(=O)(=O)N(C)C)cc1NC(=O)COc1ccc(C(=O)c2ccc(F)cc2)cc1. The first-order valence-corrected chi connectivity index (χ1v) is 11.5. The van der Waals surface area contributed by atoms with Crippen LogP contribution in [0.2, 0.25) is 0 Å². The van der Waals surface area contributed by atoms with Crippen molar-refractivity contribution in [2.45, 2.75) is 4.90 Å². The van der Waals surface area contributed by atoms with Gasteiger partial charge in [-0.1, -0.05) is 0 Å². The van der Waals surface area contributed by atoms with Gasteiger partial charge in [-0.15, -0.1) is 0 Å². The average molecular weight is 487 g/mol. The summed E-state index contributed by atoms with van der Waals surface area (Å²) in [5, 5.41) is 2.58. The quantitative estimate of drug-likeness (QED) is 0.466. The van der Waals surface area contributed by atoms with Gasteiger partial charge in [-0.05, 0) is 66.7 Å². The molecule has 0 bridgehead atoms. The van der Waals surface area contributed by atoms with Crippen molar-refractivity contribution < 1.29 is 31.9 Å². The zero-order valence-corrected chi connectivity index (χ0v) is 19.6. The van der Waals surface area contributed by atoms with Crippen LogP contribution in [0.3, 0.4) is 0 Å². The number of ketones is 1. The zero-order chi connectivity index (χ0) is 24.9. The summed E-state index contributed by atoms with van der Waals surface area (Å²) in [6, 6.07) is 15.5. The molecule has 0 aliphatic rings. The number of hydrogen-bond donors (Lipinski definition) is 1. The highest BCUT2D eigenvalue weighted by atomic mass is 32.2. The first kappa shape index (κ1) is 24.9. The molecule has 0 spiro atoms. The van der Waals surface area contributed by atoms with E-state index in [-0.39, 0.29) is 28.7 Å². The minimum atomic E-state index is -3.70. The van der Waals surface area contributed by atoms with Crippen molar-refractivity contribution >= 4 is 27.4 Å². The van der Waals surface area contributed by atoms with Gasteiger partial charge in [-0.2, -0.15) is 0 Å². The molecule has 8 nitrogen and oxygen atoms in total. The molecule has 1 N–H and O–H groups in total. The van der Waals surface area contributed by atoms with E-state index in [1.54, 1.807) is 0 Å². The van der Waals surface area contributed by atoms with Crippen LogP contribution in [0.25, 0.3) is 0 Å². The summed E-state index contributed by atoms with van der Waals surface area (Å²) in [6.07, 6.45) is 0. The maximum absolute atomic E-state index is 13.0. The van der Waals surface area contributed by atoms with E-state index in [0.717, 1.165) is 4.31 Å². The molecule has 0 fully saturated rings. The molecule has 3 aromatic rings. The van der Waals surface area contributed by atoms with Gasteiger partial charge in [0.1, 0.15) is 17.3 Å². The number of carbonyl (C=O) groups excluding carboxylic acids is 2. The number of hydrogen-bond acceptors (Lipinski definition) is 6. The number of amides is 1. The number of carbonyl (C=O) groups is 2. The lowest BCUT2D eigenvalue weighted by molar-refractivity contribution is -0.118. The molecule has 34 heavy (non-hydrogen) atoms. The van der Waals surface area contributed by atoms with Gasteiger partial charge in [-0.25, -0.2) is 17.1 Å². The zero-order valence-electron chi connectivity index (χ0n) is 18.7. The van der Waals surface area contributed by atoms with Crippen molar-refractivity contribution in [3.63, 3.8) is 0 Å². The summed E-state index contributed by atoms with van der Waals surface area (Å²) in [6.45, 7) is -0.362. The molecule has 0 aliphatic heterocycles. The molecule has 3 rings (SSSR count). The Morgan fingerprint density at radius 1 is 0.941 bits per heavy atom. The topological polar surface area (TPSA) is 102 Å². The highest BCUT2D eigenvalue weighted by Gasteiger charge is 2.20. The first-order chi connectivity index (χ1) is 16.1. The van der Waals surface area contributed by atoms with Gasteiger partial charge >= 0.3 is 0 Å². The Morgan fingerprint density at radius 3 is 2.09 bits per heavy atom. The van der Waals surface area contributed by atoms with E-state index in [1.807, 2.05) is 0 Å². The summed E-state index contributed by atoms with van der Waals surface area (Å²) in [7, 11) is 0.513. The van der Waals surface area contributed by atoms with Crippen LogP contribution in [0.15, 0.2) is 71.6 Å². The summed E-state index contributed by atoms with van der Waals surface area (Å²) in [5.74, 6) is -0.605. The molecule has 0 unspecified atom stereocenters. The molecule has 0 radical (unpaired) electrons. The van der Waals surface area contributed by atoms with E-state index in [9.17, 15) is 22.4 Å². The highest BCUT2D eigenvalue weighted by Crippen LogP contribution is 2.28. The molecular formula is C24H23FN2O6S. The van der Waals surface area contributed by atoms with Crippen molar-refractivity contribution in [3.8, 4) is 11.5 Å². The summed E-state index contributed by atoms with van der Waals surface area (Å²) in [5.41, 5.74) is 0.910. The average Bonchev–Trinajstić information content (AvgIpc) is 2.83. The van der Waals surface area contributed by atoms with Gasteiger partial charge in [0.15, 0.2) is 12.4 Å². The van der Waals surface area contributed by atoms with Gasteiger partial charge in [0.05, 0.1) is 17.7 Å². The monoisotopic (exact) mass is 486 g/mol. The van der Waals surface area contributed by atoms with Gasteiger partial charge in [0.2, 0.25) is 10.0 Å². The lowest BCUT2D eigenvalue weighted by Crippen LogP contribution is -2.23. The third-order valence-corrected chi connectivity index (χ3v) is 6.63. The van der Waals surface area contributed by atoms with Crippen LogP contribution in [0.5, 0.6) is 11.5 Å². The molecule has 178 valence electrons. The lowest BCUT2D eigenvalue weighted by atomic mass is 10.0. The Balaban J connectivity index is 1.65. The molecule has 1 amide bonds. The molecular weight excluding hydrogens is 463 g/mol. The van der Waals surface area contributed by atoms with Gasteiger partial charge in [0, 0.05) is 25.2 Å². The van der Waals surface area contributed by atoms with Crippen LogP contribution < -0.4 is 14.8 Å². The van der Waals surface area contributed by atoms with Crippen molar-refractivity contribution in [1.82, 2.24) is 4.31 Å². The number of anilines is 1. The van der Waals surface area contributed by atoms with Gasteiger partial charge < -0.3 is 14.8 Å². The maximum Gasteiger partial charge on any atom is 0.262 e. The number of nitrogens with zero attached hydrogens (tertiary/aromatic N) is 1. The van der Waals surface area contributed by atoms with E-state index in [0.29, 0.717) is 16.9 Å². The van der Waals surface area contributed by atoms with Gasteiger partial charge in [0.25, 0.3) is 5.91 Å². The fourth-order valence-corrected chi connectivity index (χ4v) is 3.89. The molecule has 0 saturated heterocycles. The normalized spacial score (nSPS) is 11.2. The van der Waals surface area contributed by atoms with Crippen LogP contribution in [0.4, 0.5) is 10.1 Å². The fourth-order valence-electron chi connectivity index (χ4n) is 2.96. The first-order valence-electron chi connectivity index (χ1n) is 10.1. The van der Waals surface area contributed by atoms with E-state index < -0.39 is 21.7 Å². The van der Waals surface area contributed by atoms with Crippen LogP contribution >= 0.6 is 0 Å². The second-order valence-corrected chi connectivity index (χ2v) is 9.50. The number of methoxy groups -OCH3 is 1. The third kappa shape index (κ3) is 5.77. The molecule has 0 aliphatic carbocycles. The molecule has 3 aromatic carbocycles.